The van der Waals surface area contributed by atoms with Gasteiger partial charge in [0.05, 0.1) is 11.1 Å². The molecule has 0 aromatic carbocycles. The van der Waals surface area contributed by atoms with E-state index in [0.717, 1.165) is 37.4 Å². The fourth-order valence-corrected chi connectivity index (χ4v) is 5.46. The first-order valence-electron chi connectivity index (χ1n) is 14.8. The van der Waals surface area contributed by atoms with Gasteiger partial charge < -0.3 is 15.5 Å². The molecule has 0 unspecified atom stereocenters. The average molecular weight is 544 g/mol. The van der Waals surface area contributed by atoms with Crippen molar-refractivity contribution in [3.8, 4) is 0 Å². The Morgan fingerprint density at radius 2 is 1.08 bits per heavy atom. The van der Waals surface area contributed by atoms with Crippen molar-refractivity contribution in [2.24, 2.45) is 32.7 Å². The zero-order valence-corrected chi connectivity index (χ0v) is 25.7. The molecular weight excluding hydrogens is 490 g/mol. The molecule has 7 heteroatoms. The van der Waals surface area contributed by atoms with E-state index in [1.54, 1.807) is 0 Å². The minimum absolute atomic E-state index is 0.00128. The first-order valence-corrected chi connectivity index (χ1v) is 14.8. The van der Waals surface area contributed by atoms with E-state index in [1.165, 1.54) is 0 Å². The Balaban J connectivity index is 1.88. The van der Waals surface area contributed by atoms with Gasteiger partial charge in [0.25, 0.3) is 0 Å². The molecular formula is C32H53N3O4. The summed E-state index contributed by atoms with van der Waals surface area (Å²) in [6, 6.07) is 0. The van der Waals surface area contributed by atoms with Gasteiger partial charge in [-0.2, -0.15) is 0 Å². The highest BCUT2D eigenvalue weighted by Gasteiger charge is 2.36. The highest BCUT2D eigenvalue weighted by atomic mass is 16.3. The number of aliphatic hydroxyl groups excluding tert-OH is 2. The third-order valence-electron chi connectivity index (χ3n) is 7.11. The van der Waals surface area contributed by atoms with Crippen molar-refractivity contribution in [1.82, 2.24) is 5.32 Å². The van der Waals surface area contributed by atoms with Crippen LogP contribution in [0.5, 0.6) is 0 Å². The number of Topliss-reactive ketones (excluding diaryl/α,β-unsaturated/α-hetero) is 2. The molecule has 0 atom stereocenters. The Morgan fingerprint density at radius 1 is 0.718 bits per heavy atom. The maximum absolute atomic E-state index is 12.8. The van der Waals surface area contributed by atoms with E-state index in [1.807, 2.05) is 27.7 Å². The second-order valence-electron chi connectivity index (χ2n) is 13.8. The Hall–Kier alpha value is -2.28. The second kappa shape index (κ2) is 14.4. The van der Waals surface area contributed by atoms with E-state index in [0.29, 0.717) is 74.6 Å². The van der Waals surface area contributed by atoms with Crippen LogP contribution in [0.3, 0.4) is 0 Å². The summed E-state index contributed by atoms with van der Waals surface area (Å²) in [6.45, 7) is 19.2. The molecule has 0 bridgehead atoms. The summed E-state index contributed by atoms with van der Waals surface area (Å²) in [5, 5.41) is 24.7. The topological polar surface area (TPSA) is 111 Å². The summed E-state index contributed by atoms with van der Waals surface area (Å²) in [7, 11) is 0. The van der Waals surface area contributed by atoms with E-state index in [4.69, 9.17) is 9.98 Å². The highest BCUT2D eigenvalue weighted by molar-refractivity contribution is 6.24. The fourth-order valence-electron chi connectivity index (χ4n) is 5.46. The standard InChI is InChI=1S/C32H53N3O4/c1-21(2)15-23(29-25(36)17-31(5,6)18-26(29)37)34-13-9-11-33-12-10-14-35-24(16-22(3)4)30-27(38)19-32(7,8)20-28(30)39/h21-22,33,36,38H,9-20H2,1-8H3. The number of allylic oxidation sites excluding steroid dienone is 4. The Morgan fingerprint density at radius 3 is 1.38 bits per heavy atom. The Bertz CT molecular complexity index is 932. The maximum atomic E-state index is 12.8. The van der Waals surface area contributed by atoms with Crippen LogP contribution in [0.25, 0.3) is 0 Å². The fraction of sp³-hybridized carbons (Fsp3) is 0.750. The largest absolute Gasteiger partial charge is 0.511 e. The molecule has 2 aliphatic carbocycles. The summed E-state index contributed by atoms with van der Waals surface area (Å²) >= 11 is 0. The van der Waals surface area contributed by atoms with Crippen LogP contribution >= 0.6 is 0 Å². The van der Waals surface area contributed by atoms with Crippen LogP contribution in [0.4, 0.5) is 0 Å². The van der Waals surface area contributed by atoms with Gasteiger partial charge in [-0.15, -0.1) is 0 Å². The number of rotatable bonds is 14. The van der Waals surface area contributed by atoms with E-state index >= 15 is 0 Å². The van der Waals surface area contributed by atoms with Crippen molar-refractivity contribution in [2.75, 3.05) is 26.2 Å². The molecule has 0 heterocycles. The quantitative estimate of drug-likeness (QED) is 0.166. The number of nitrogens with zero attached hydrogens (tertiary/aromatic N) is 2. The third-order valence-corrected chi connectivity index (χ3v) is 7.11. The lowest BCUT2D eigenvalue weighted by Crippen LogP contribution is -2.30. The Labute approximate surface area is 236 Å². The van der Waals surface area contributed by atoms with Gasteiger partial charge in [-0.1, -0.05) is 55.4 Å². The van der Waals surface area contributed by atoms with Crippen molar-refractivity contribution in [3.05, 3.63) is 22.7 Å². The summed E-state index contributed by atoms with van der Waals surface area (Å²) in [4.78, 5) is 35.1. The van der Waals surface area contributed by atoms with Crippen molar-refractivity contribution in [3.63, 3.8) is 0 Å². The van der Waals surface area contributed by atoms with Crippen molar-refractivity contribution in [2.45, 2.75) is 107 Å². The number of nitrogens with one attached hydrogen (secondary N) is 1. The molecule has 0 aliphatic heterocycles. The van der Waals surface area contributed by atoms with Gasteiger partial charge in [0.1, 0.15) is 11.5 Å². The lowest BCUT2D eigenvalue weighted by molar-refractivity contribution is -0.118. The zero-order valence-electron chi connectivity index (χ0n) is 25.7. The molecule has 3 N–H and O–H groups in total. The van der Waals surface area contributed by atoms with Gasteiger partial charge in [0.15, 0.2) is 11.6 Å². The average Bonchev–Trinajstić information content (AvgIpc) is 2.74. The molecule has 0 radical (unpaired) electrons. The minimum atomic E-state index is -0.211. The van der Waals surface area contributed by atoms with Crippen LogP contribution < -0.4 is 5.32 Å². The first-order chi connectivity index (χ1) is 18.1. The van der Waals surface area contributed by atoms with Crippen LogP contribution in [0.15, 0.2) is 32.6 Å². The number of hydrogen-bond acceptors (Lipinski definition) is 7. The smallest absolute Gasteiger partial charge is 0.168 e. The molecule has 2 aliphatic rings. The van der Waals surface area contributed by atoms with E-state index in [-0.39, 0.29) is 33.9 Å². The number of ketones is 2. The van der Waals surface area contributed by atoms with Crippen molar-refractivity contribution in [1.29, 1.82) is 0 Å². The number of carbonyl (C=O) groups is 2. The lowest BCUT2D eigenvalue weighted by atomic mass is 9.75. The highest BCUT2D eigenvalue weighted by Crippen LogP contribution is 2.38. The van der Waals surface area contributed by atoms with Crippen LogP contribution in [-0.4, -0.2) is 59.4 Å². The summed E-state index contributed by atoms with van der Waals surface area (Å²) in [5.74, 6) is 1.07. The maximum Gasteiger partial charge on any atom is 0.168 e. The van der Waals surface area contributed by atoms with E-state index < -0.39 is 0 Å². The van der Waals surface area contributed by atoms with Gasteiger partial charge >= 0.3 is 0 Å². The molecule has 7 nitrogen and oxygen atoms in total. The SMILES string of the molecule is CC(C)CC(=NCCCNCCCN=C(CC(C)C)C1=C(O)CC(C)(C)CC1=O)C1=C(O)CC(C)(C)CC1=O. The molecule has 0 amide bonds. The molecule has 0 aromatic rings. The van der Waals surface area contributed by atoms with E-state index in [9.17, 15) is 19.8 Å². The zero-order chi connectivity index (χ0) is 29.4. The third kappa shape index (κ3) is 10.7. The van der Waals surface area contributed by atoms with Crippen molar-refractivity contribution >= 4 is 23.0 Å². The molecule has 220 valence electrons. The van der Waals surface area contributed by atoms with Gasteiger partial charge in [-0.05, 0) is 61.4 Å². The number of hydrogen-bond donors (Lipinski definition) is 3. The Kier molecular flexibility index (Phi) is 12.1. The van der Waals surface area contributed by atoms with Crippen LogP contribution in [0.1, 0.15) is 107 Å². The number of aliphatic hydroxyl groups is 2. The molecule has 0 saturated heterocycles. The molecule has 0 fully saturated rings. The van der Waals surface area contributed by atoms with Gasteiger partial charge in [0, 0.05) is 50.2 Å². The van der Waals surface area contributed by atoms with Gasteiger partial charge in [-0.25, -0.2) is 0 Å². The first kappa shape index (κ1) is 32.9. The predicted molar refractivity (Wildman–Crippen MR) is 161 cm³/mol. The van der Waals surface area contributed by atoms with E-state index in [2.05, 4.69) is 33.0 Å². The van der Waals surface area contributed by atoms with Crippen LogP contribution in [0, 0.1) is 22.7 Å². The molecule has 0 aromatic heterocycles. The lowest BCUT2D eigenvalue weighted by Gasteiger charge is -2.30. The van der Waals surface area contributed by atoms with Gasteiger partial charge in [-0.3, -0.25) is 19.6 Å². The minimum Gasteiger partial charge on any atom is -0.511 e. The van der Waals surface area contributed by atoms with Crippen LogP contribution in [0.2, 0.25) is 0 Å². The molecule has 2 rings (SSSR count). The normalized spacial score (nSPS) is 20.6. The van der Waals surface area contributed by atoms with Crippen molar-refractivity contribution < 1.29 is 19.8 Å². The number of carbonyl (C=O) groups excluding carboxylic acids is 2. The number of aliphatic imine (C=N–C) groups is 2. The van der Waals surface area contributed by atoms with Crippen LogP contribution in [-0.2, 0) is 9.59 Å². The van der Waals surface area contributed by atoms with Gasteiger partial charge in [0.2, 0.25) is 0 Å². The second-order valence-corrected chi connectivity index (χ2v) is 13.8. The molecule has 0 spiro atoms. The summed E-state index contributed by atoms with van der Waals surface area (Å²) in [5.41, 5.74) is 1.97. The summed E-state index contributed by atoms with van der Waals surface area (Å²) in [6.07, 6.45) is 4.94. The summed E-state index contributed by atoms with van der Waals surface area (Å²) < 4.78 is 0. The molecule has 39 heavy (non-hydrogen) atoms. The molecule has 0 saturated carbocycles. The predicted octanol–water partition coefficient (Wildman–Crippen LogP) is 6.73. The monoisotopic (exact) mass is 543 g/mol.